The van der Waals surface area contributed by atoms with E-state index in [2.05, 4.69) is 0 Å². The molecule has 5 heteroatoms. The van der Waals surface area contributed by atoms with E-state index in [-0.39, 0.29) is 23.7 Å². The Labute approximate surface area is 98.8 Å². The molecule has 92 valence electrons. The van der Waals surface area contributed by atoms with Crippen LogP contribution in [0.25, 0.3) is 0 Å². The Hall–Kier alpha value is -1.39. The van der Waals surface area contributed by atoms with Gasteiger partial charge in [-0.15, -0.1) is 0 Å². The van der Waals surface area contributed by atoms with E-state index in [1.165, 1.54) is 6.92 Å². The van der Waals surface area contributed by atoms with Crippen molar-refractivity contribution in [3.05, 3.63) is 0 Å². The molecular formula is C12H14NO4-. The van der Waals surface area contributed by atoms with Crippen molar-refractivity contribution in [1.29, 1.82) is 0 Å². The number of nitrogens with zero attached hydrogens (tertiary/aromatic N) is 1. The molecule has 3 fully saturated rings. The number of imide groups is 1. The minimum atomic E-state index is -1.36. The van der Waals surface area contributed by atoms with Crippen LogP contribution in [0, 0.1) is 23.7 Å². The zero-order valence-corrected chi connectivity index (χ0v) is 9.59. The Kier molecular flexibility index (Phi) is 2.09. The highest BCUT2D eigenvalue weighted by Gasteiger charge is 2.61. The maximum atomic E-state index is 12.1. The fourth-order valence-corrected chi connectivity index (χ4v) is 3.92. The van der Waals surface area contributed by atoms with Gasteiger partial charge in [0.2, 0.25) is 11.8 Å². The molecule has 0 aromatic heterocycles. The van der Waals surface area contributed by atoms with Crippen molar-refractivity contribution >= 4 is 17.8 Å². The van der Waals surface area contributed by atoms with Crippen molar-refractivity contribution in [3.63, 3.8) is 0 Å². The third-order valence-corrected chi connectivity index (χ3v) is 4.69. The van der Waals surface area contributed by atoms with Gasteiger partial charge in [-0.3, -0.25) is 14.5 Å². The van der Waals surface area contributed by atoms with Gasteiger partial charge in [-0.1, -0.05) is 0 Å². The first-order valence-corrected chi connectivity index (χ1v) is 6.10. The van der Waals surface area contributed by atoms with Crippen molar-refractivity contribution in [2.45, 2.75) is 32.2 Å². The minimum Gasteiger partial charge on any atom is -0.548 e. The summed E-state index contributed by atoms with van der Waals surface area (Å²) in [5.74, 6) is -1.85. The Morgan fingerprint density at radius 3 is 2.12 bits per heavy atom. The predicted molar refractivity (Wildman–Crippen MR) is 54.1 cm³/mol. The molecule has 2 aliphatic carbocycles. The van der Waals surface area contributed by atoms with Crippen molar-refractivity contribution in [1.82, 2.24) is 4.90 Å². The zero-order valence-electron chi connectivity index (χ0n) is 9.59. The average Bonchev–Trinajstić information content (AvgIpc) is 2.92. The number of carbonyl (C=O) groups is 3. The summed E-state index contributed by atoms with van der Waals surface area (Å²) in [7, 11) is 0. The molecule has 2 bridgehead atoms. The first-order chi connectivity index (χ1) is 8.02. The molecule has 0 N–H and O–H groups in total. The number of likely N-dealkylation sites (tertiary alicyclic amines) is 1. The quantitative estimate of drug-likeness (QED) is 0.585. The Bertz CT molecular complexity index is 391. The van der Waals surface area contributed by atoms with E-state index >= 15 is 0 Å². The summed E-state index contributed by atoms with van der Waals surface area (Å²) in [6.07, 6.45) is 2.96. The Morgan fingerprint density at radius 1 is 1.24 bits per heavy atom. The first kappa shape index (κ1) is 10.7. The van der Waals surface area contributed by atoms with E-state index in [0.717, 1.165) is 24.2 Å². The van der Waals surface area contributed by atoms with Crippen LogP contribution in [0.3, 0.4) is 0 Å². The molecule has 5 atom stereocenters. The number of aliphatic carboxylic acids is 1. The number of rotatable bonds is 2. The second-order valence-corrected chi connectivity index (χ2v) is 5.43. The lowest BCUT2D eigenvalue weighted by molar-refractivity contribution is -0.310. The monoisotopic (exact) mass is 236 g/mol. The summed E-state index contributed by atoms with van der Waals surface area (Å²) in [5.41, 5.74) is 0. The number of carboxylic acid groups (broad SMARTS) is 1. The molecule has 0 spiro atoms. The van der Waals surface area contributed by atoms with Gasteiger partial charge in [0.25, 0.3) is 0 Å². The summed E-state index contributed by atoms with van der Waals surface area (Å²) >= 11 is 0. The molecule has 3 aliphatic rings. The average molecular weight is 236 g/mol. The lowest BCUT2D eigenvalue weighted by Gasteiger charge is -2.24. The maximum absolute atomic E-state index is 12.1. The van der Waals surface area contributed by atoms with E-state index in [1.807, 2.05) is 0 Å². The molecule has 2 amide bonds. The fraction of sp³-hybridized carbons (Fsp3) is 0.750. The highest BCUT2D eigenvalue weighted by Crippen LogP contribution is 2.56. The van der Waals surface area contributed by atoms with E-state index in [9.17, 15) is 19.5 Å². The van der Waals surface area contributed by atoms with Crippen molar-refractivity contribution in [2.75, 3.05) is 0 Å². The van der Waals surface area contributed by atoms with Crippen LogP contribution in [-0.4, -0.2) is 28.7 Å². The minimum absolute atomic E-state index is 0.247. The first-order valence-electron chi connectivity index (χ1n) is 6.10. The molecule has 1 saturated heterocycles. The summed E-state index contributed by atoms with van der Waals surface area (Å²) in [6.45, 7) is 1.34. The third-order valence-electron chi connectivity index (χ3n) is 4.69. The van der Waals surface area contributed by atoms with E-state index < -0.39 is 12.0 Å². The van der Waals surface area contributed by atoms with Gasteiger partial charge in [-0.25, -0.2) is 0 Å². The molecule has 0 aromatic carbocycles. The highest BCUT2D eigenvalue weighted by molar-refractivity contribution is 6.08. The third kappa shape index (κ3) is 1.22. The normalized spacial score (nSPS) is 40.9. The van der Waals surface area contributed by atoms with Crippen molar-refractivity contribution in [3.8, 4) is 0 Å². The summed E-state index contributed by atoms with van der Waals surface area (Å²) < 4.78 is 0. The topological polar surface area (TPSA) is 77.5 Å². The predicted octanol–water partition coefficient (Wildman–Crippen LogP) is -0.844. The summed E-state index contributed by atoms with van der Waals surface area (Å²) in [4.78, 5) is 36.0. The molecule has 5 nitrogen and oxygen atoms in total. The lowest BCUT2D eigenvalue weighted by atomic mass is 9.81. The number of carboxylic acids is 1. The smallest absolute Gasteiger partial charge is 0.233 e. The van der Waals surface area contributed by atoms with Crippen LogP contribution in [0.4, 0.5) is 0 Å². The molecular weight excluding hydrogens is 222 g/mol. The van der Waals surface area contributed by atoms with Gasteiger partial charge in [0.1, 0.15) is 0 Å². The highest BCUT2D eigenvalue weighted by atomic mass is 16.4. The van der Waals surface area contributed by atoms with E-state index in [1.54, 1.807) is 0 Å². The van der Waals surface area contributed by atoms with Gasteiger partial charge < -0.3 is 9.90 Å². The van der Waals surface area contributed by atoms with Gasteiger partial charge in [-0.2, -0.15) is 0 Å². The second kappa shape index (κ2) is 3.31. The second-order valence-electron chi connectivity index (χ2n) is 5.43. The number of amides is 2. The maximum Gasteiger partial charge on any atom is 0.233 e. The number of carbonyl (C=O) groups excluding carboxylic acids is 3. The van der Waals surface area contributed by atoms with Crippen LogP contribution in [0.1, 0.15) is 26.2 Å². The van der Waals surface area contributed by atoms with E-state index in [4.69, 9.17) is 0 Å². The Morgan fingerprint density at radius 2 is 1.71 bits per heavy atom. The molecule has 3 rings (SSSR count). The Balaban J connectivity index is 1.93. The van der Waals surface area contributed by atoms with Gasteiger partial charge >= 0.3 is 0 Å². The van der Waals surface area contributed by atoms with Crippen LogP contribution < -0.4 is 5.11 Å². The van der Waals surface area contributed by atoms with Crippen LogP contribution in [-0.2, 0) is 14.4 Å². The number of hydrogen-bond acceptors (Lipinski definition) is 4. The van der Waals surface area contributed by atoms with Crippen LogP contribution in [0.5, 0.6) is 0 Å². The summed E-state index contributed by atoms with van der Waals surface area (Å²) in [6, 6.07) is -1.14. The lowest BCUT2D eigenvalue weighted by Crippen LogP contribution is -2.49. The standard InChI is InChI=1S/C12H15NO4/c1-5(12(16)17)13-10(14)8-6-2-3-7(4-6)9(8)11(13)15/h5-9H,2-4H2,1H3,(H,16,17)/p-1/t5-,6-,7-,8-,9+/m0/s1. The van der Waals surface area contributed by atoms with Crippen LogP contribution in [0.15, 0.2) is 0 Å². The largest absolute Gasteiger partial charge is 0.548 e. The van der Waals surface area contributed by atoms with Gasteiger partial charge in [-0.05, 0) is 38.0 Å². The summed E-state index contributed by atoms with van der Waals surface area (Å²) in [5, 5.41) is 10.8. The SMILES string of the molecule is C[C@@H](C(=O)[O-])N1C(=O)[C@@H]2[C@H]3CC[C@@H](C3)[C@@H]2C1=O. The molecule has 0 aromatic rings. The van der Waals surface area contributed by atoms with Crippen molar-refractivity contribution < 1.29 is 19.5 Å². The van der Waals surface area contributed by atoms with E-state index in [0.29, 0.717) is 11.8 Å². The molecule has 1 heterocycles. The molecule has 1 aliphatic heterocycles. The van der Waals surface area contributed by atoms with Crippen LogP contribution >= 0.6 is 0 Å². The molecule has 0 unspecified atom stereocenters. The van der Waals surface area contributed by atoms with Crippen LogP contribution in [0.2, 0.25) is 0 Å². The fourth-order valence-electron chi connectivity index (χ4n) is 3.92. The molecule has 2 saturated carbocycles. The van der Waals surface area contributed by atoms with Gasteiger partial charge in [0, 0.05) is 0 Å². The molecule has 0 radical (unpaired) electrons. The number of hydrogen-bond donors (Lipinski definition) is 0. The van der Waals surface area contributed by atoms with Crippen molar-refractivity contribution in [2.24, 2.45) is 23.7 Å². The molecule has 17 heavy (non-hydrogen) atoms. The van der Waals surface area contributed by atoms with Gasteiger partial charge in [0.15, 0.2) is 0 Å². The zero-order chi connectivity index (χ0) is 12.3. The van der Waals surface area contributed by atoms with Gasteiger partial charge in [0.05, 0.1) is 23.8 Å². The number of fused-ring (bicyclic) bond motifs is 5.